The van der Waals surface area contributed by atoms with Crippen molar-refractivity contribution >= 4 is 29.5 Å². The van der Waals surface area contributed by atoms with Gasteiger partial charge in [0.05, 0.1) is 0 Å². The molecule has 0 amide bonds. The Morgan fingerprint density at radius 1 is 1.33 bits per heavy atom. The standard InChI is InChI=1S/C9H13O6PS2/c1-2-17-8-5-3-4-6-9(8)18(13,14)15-7-16(10,11)12/h3-6H,2,7H2,1H3,(H2,10,11,12). The molecule has 0 aliphatic carbocycles. The monoisotopic (exact) mass is 312 g/mol. The van der Waals surface area contributed by atoms with Crippen LogP contribution in [0.3, 0.4) is 0 Å². The first kappa shape index (κ1) is 15.7. The summed E-state index contributed by atoms with van der Waals surface area (Å²) in [7, 11) is -8.68. The number of rotatable bonds is 6. The molecule has 0 aliphatic heterocycles. The third-order valence-corrected chi connectivity index (χ3v) is 4.84. The number of hydrogen-bond donors (Lipinski definition) is 2. The van der Waals surface area contributed by atoms with Crippen LogP contribution in [0, 0.1) is 0 Å². The summed E-state index contributed by atoms with van der Waals surface area (Å²) in [5, 5.41) is 0. The van der Waals surface area contributed by atoms with Gasteiger partial charge < -0.3 is 9.79 Å². The topological polar surface area (TPSA) is 101 Å². The van der Waals surface area contributed by atoms with E-state index in [0.717, 1.165) is 0 Å². The minimum absolute atomic E-state index is 0.0784. The fraction of sp³-hybridized carbons (Fsp3) is 0.333. The molecule has 0 saturated heterocycles. The number of benzene rings is 1. The Labute approximate surface area is 110 Å². The van der Waals surface area contributed by atoms with E-state index in [2.05, 4.69) is 4.18 Å². The SMILES string of the molecule is CCSc1ccccc1S(=O)(=O)OCP(=O)(O)O. The van der Waals surface area contributed by atoms with Crippen LogP contribution in [0.2, 0.25) is 0 Å². The van der Waals surface area contributed by atoms with Crippen LogP contribution in [0.25, 0.3) is 0 Å². The van der Waals surface area contributed by atoms with E-state index in [1.54, 1.807) is 12.1 Å². The van der Waals surface area contributed by atoms with Crippen LogP contribution in [-0.4, -0.2) is 30.3 Å². The van der Waals surface area contributed by atoms with Crippen molar-refractivity contribution in [2.24, 2.45) is 0 Å². The quantitative estimate of drug-likeness (QED) is 0.468. The summed E-state index contributed by atoms with van der Waals surface area (Å²) in [6.07, 6.45) is -1.15. The second-order valence-corrected chi connectivity index (χ2v) is 7.72. The van der Waals surface area contributed by atoms with E-state index in [-0.39, 0.29) is 4.90 Å². The summed E-state index contributed by atoms with van der Waals surface area (Å²) in [5.74, 6) is 0.672. The van der Waals surface area contributed by atoms with E-state index in [9.17, 15) is 13.0 Å². The van der Waals surface area contributed by atoms with E-state index >= 15 is 0 Å². The van der Waals surface area contributed by atoms with Gasteiger partial charge >= 0.3 is 7.60 Å². The summed E-state index contributed by atoms with van der Waals surface area (Å²) in [6.45, 7) is 1.87. The third kappa shape index (κ3) is 4.72. The van der Waals surface area contributed by atoms with Crippen LogP contribution in [0.4, 0.5) is 0 Å². The number of thioether (sulfide) groups is 1. The van der Waals surface area contributed by atoms with E-state index in [0.29, 0.717) is 10.6 Å². The first-order valence-corrected chi connectivity index (χ1v) is 9.11. The Kier molecular flexibility index (Phi) is 5.39. The molecule has 0 saturated carbocycles. The molecule has 0 radical (unpaired) electrons. The van der Waals surface area contributed by atoms with Crippen molar-refractivity contribution in [3.63, 3.8) is 0 Å². The molecule has 9 heteroatoms. The van der Waals surface area contributed by atoms with Crippen molar-refractivity contribution < 1.29 is 27.0 Å². The normalized spacial score (nSPS) is 12.6. The van der Waals surface area contributed by atoms with E-state index < -0.39 is 24.1 Å². The lowest BCUT2D eigenvalue weighted by molar-refractivity contribution is 0.300. The maximum atomic E-state index is 11.8. The zero-order valence-electron chi connectivity index (χ0n) is 9.51. The fourth-order valence-corrected chi connectivity index (χ4v) is 4.10. The molecule has 6 nitrogen and oxygen atoms in total. The van der Waals surface area contributed by atoms with E-state index in [1.165, 1.54) is 23.9 Å². The van der Waals surface area contributed by atoms with Gasteiger partial charge in [-0.1, -0.05) is 19.1 Å². The average molecular weight is 312 g/mol. The molecule has 0 fully saturated rings. The summed E-state index contributed by atoms with van der Waals surface area (Å²) in [5.41, 5.74) is 0. The zero-order valence-corrected chi connectivity index (χ0v) is 12.0. The van der Waals surface area contributed by atoms with Crippen LogP contribution in [-0.2, 0) is 18.9 Å². The van der Waals surface area contributed by atoms with Crippen molar-refractivity contribution in [2.75, 3.05) is 12.1 Å². The van der Waals surface area contributed by atoms with Crippen LogP contribution in [0.5, 0.6) is 0 Å². The molecule has 1 rings (SSSR count). The summed E-state index contributed by atoms with van der Waals surface area (Å²) >= 11 is 1.31. The van der Waals surface area contributed by atoms with Gasteiger partial charge in [0.25, 0.3) is 10.1 Å². The molecular formula is C9H13O6PS2. The maximum Gasteiger partial charge on any atom is 0.352 e. The summed E-state index contributed by atoms with van der Waals surface area (Å²) < 4.78 is 38.6. The lowest BCUT2D eigenvalue weighted by Gasteiger charge is -2.10. The van der Waals surface area contributed by atoms with Gasteiger partial charge in [-0.3, -0.25) is 8.75 Å². The largest absolute Gasteiger partial charge is 0.352 e. The van der Waals surface area contributed by atoms with Crippen LogP contribution >= 0.6 is 19.4 Å². The minimum atomic E-state index is -4.52. The third-order valence-electron chi connectivity index (χ3n) is 1.79. The Bertz CT molecular complexity index is 550. The minimum Gasteiger partial charge on any atom is -0.323 e. The average Bonchev–Trinajstić information content (AvgIpc) is 2.27. The predicted molar refractivity (Wildman–Crippen MR) is 68.0 cm³/mol. The number of hydrogen-bond acceptors (Lipinski definition) is 5. The highest BCUT2D eigenvalue weighted by atomic mass is 32.2. The van der Waals surface area contributed by atoms with Gasteiger partial charge in [-0.25, -0.2) is 0 Å². The highest BCUT2D eigenvalue weighted by Crippen LogP contribution is 2.36. The van der Waals surface area contributed by atoms with Gasteiger partial charge in [0, 0.05) is 4.90 Å². The van der Waals surface area contributed by atoms with Crippen LogP contribution < -0.4 is 0 Å². The molecule has 18 heavy (non-hydrogen) atoms. The molecule has 1 aromatic carbocycles. The Balaban J connectivity index is 3.01. The van der Waals surface area contributed by atoms with E-state index in [4.69, 9.17) is 9.79 Å². The van der Waals surface area contributed by atoms with Gasteiger partial charge in [-0.05, 0) is 17.9 Å². The van der Waals surface area contributed by atoms with Crippen molar-refractivity contribution in [3.05, 3.63) is 24.3 Å². The van der Waals surface area contributed by atoms with Crippen molar-refractivity contribution in [2.45, 2.75) is 16.7 Å². The first-order valence-electron chi connectivity index (χ1n) is 4.92. The second-order valence-electron chi connectivity index (χ2n) is 3.25. The molecule has 1 aromatic rings. The van der Waals surface area contributed by atoms with Gasteiger partial charge in [0.1, 0.15) is 4.90 Å². The van der Waals surface area contributed by atoms with Crippen molar-refractivity contribution in [3.8, 4) is 0 Å². The molecule has 2 N–H and O–H groups in total. The predicted octanol–water partition coefficient (Wildman–Crippen LogP) is 1.64. The van der Waals surface area contributed by atoms with Crippen molar-refractivity contribution in [1.29, 1.82) is 0 Å². The smallest absolute Gasteiger partial charge is 0.323 e. The summed E-state index contributed by atoms with van der Waals surface area (Å²) in [6, 6.07) is 6.16. The zero-order chi connectivity index (χ0) is 13.8. The van der Waals surface area contributed by atoms with Gasteiger partial charge in [-0.2, -0.15) is 8.42 Å². The molecule has 0 heterocycles. The molecule has 0 unspecified atom stereocenters. The molecule has 0 spiro atoms. The highest BCUT2D eigenvalue weighted by Gasteiger charge is 2.24. The highest BCUT2D eigenvalue weighted by molar-refractivity contribution is 8.00. The molecule has 0 bridgehead atoms. The van der Waals surface area contributed by atoms with Crippen LogP contribution in [0.1, 0.15) is 6.92 Å². The van der Waals surface area contributed by atoms with Crippen LogP contribution in [0.15, 0.2) is 34.1 Å². The Morgan fingerprint density at radius 2 is 1.94 bits per heavy atom. The molecular weight excluding hydrogens is 299 g/mol. The van der Waals surface area contributed by atoms with Gasteiger partial charge in [0.15, 0.2) is 6.35 Å². The first-order chi connectivity index (χ1) is 8.26. The molecule has 0 aliphatic rings. The maximum absolute atomic E-state index is 11.8. The molecule has 0 aromatic heterocycles. The lowest BCUT2D eigenvalue weighted by atomic mass is 10.4. The van der Waals surface area contributed by atoms with Gasteiger partial charge in [0.2, 0.25) is 0 Å². The van der Waals surface area contributed by atoms with Gasteiger partial charge in [-0.15, -0.1) is 11.8 Å². The Hall–Kier alpha value is -0.370. The lowest BCUT2D eigenvalue weighted by Crippen LogP contribution is -2.09. The molecule has 0 atom stereocenters. The molecule has 102 valence electrons. The summed E-state index contributed by atoms with van der Waals surface area (Å²) in [4.78, 5) is 17.6. The second kappa shape index (κ2) is 6.18. The fourth-order valence-electron chi connectivity index (χ4n) is 1.13. The van der Waals surface area contributed by atoms with Crippen molar-refractivity contribution in [1.82, 2.24) is 0 Å². The van der Waals surface area contributed by atoms with E-state index in [1.807, 2.05) is 6.92 Å². The Morgan fingerprint density at radius 3 is 2.50 bits per heavy atom.